The van der Waals surface area contributed by atoms with Crippen molar-refractivity contribution in [2.24, 2.45) is 4.99 Å². The summed E-state index contributed by atoms with van der Waals surface area (Å²) in [6, 6.07) is 8.52. The fraction of sp³-hybridized carbons (Fsp3) is 0.333. The number of carbonyl (C=O) groups excluding carboxylic acids is 1. The summed E-state index contributed by atoms with van der Waals surface area (Å²) >= 11 is 1.41. The number of ether oxygens (including phenoxy) is 1. The van der Waals surface area contributed by atoms with Crippen LogP contribution in [0.4, 0.5) is 4.39 Å². The minimum Gasteiger partial charge on any atom is -0.495 e. The molecule has 6 nitrogen and oxygen atoms in total. The Morgan fingerprint density at radius 3 is 2.53 bits per heavy atom. The van der Waals surface area contributed by atoms with E-state index >= 15 is 0 Å². The number of nitrogens with zero attached hydrogens (tertiary/aromatic N) is 2. The number of hydrogen-bond donors (Lipinski definition) is 0. The summed E-state index contributed by atoms with van der Waals surface area (Å²) in [4.78, 5) is 17.3. The first-order valence-electron chi connectivity index (χ1n) is 9.49. The Labute approximate surface area is 178 Å². The summed E-state index contributed by atoms with van der Waals surface area (Å²) in [5.41, 5.74) is 1.97. The van der Waals surface area contributed by atoms with Crippen LogP contribution < -0.4 is 9.54 Å². The van der Waals surface area contributed by atoms with Crippen LogP contribution >= 0.6 is 11.3 Å². The Hall–Kier alpha value is -2.52. The van der Waals surface area contributed by atoms with Crippen molar-refractivity contribution >= 4 is 37.3 Å². The molecule has 1 aromatic heterocycles. The van der Waals surface area contributed by atoms with E-state index in [4.69, 9.17) is 4.74 Å². The number of rotatable bonds is 7. The molecule has 1 heterocycles. The maximum atomic E-state index is 13.0. The first kappa shape index (κ1) is 22.2. The van der Waals surface area contributed by atoms with E-state index < -0.39 is 15.7 Å². The second-order valence-corrected chi connectivity index (χ2v) is 9.86. The number of carbonyl (C=O) groups is 1. The van der Waals surface area contributed by atoms with Crippen molar-refractivity contribution < 1.29 is 22.3 Å². The minimum absolute atomic E-state index is 0.00843. The third-order valence-electron chi connectivity index (χ3n) is 4.72. The van der Waals surface area contributed by atoms with Gasteiger partial charge in [-0.25, -0.2) is 12.8 Å². The third-order valence-corrected chi connectivity index (χ3v) is 7.75. The lowest BCUT2D eigenvalue weighted by Crippen LogP contribution is -2.16. The normalized spacial score (nSPS) is 12.5. The Kier molecular flexibility index (Phi) is 6.72. The van der Waals surface area contributed by atoms with Crippen molar-refractivity contribution in [3.05, 3.63) is 52.6 Å². The van der Waals surface area contributed by atoms with E-state index in [-0.39, 0.29) is 29.4 Å². The second-order valence-electron chi connectivity index (χ2n) is 6.77. The molecule has 0 spiro atoms. The highest BCUT2D eigenvalue weighted by atomic mass is 32.2. The van der Waals surface area contributed by atoms with Crippen LogP contribution in [-0.2, 0) is 21.2 Å². The SMILES string of the molecule is CCn1c(=NC(=O)CCCS(=O)(=O)c2ccc(F)cc2)sc2c(C)ccc(OC)c21. The van der Waals surface area contributed by atoms with Gasteiger partial charge < -0.3 is 9.30 Å². The molecule has 0 aliphatic rings. The molecule has 0 fully saturated rings. The third kappa shape index (κ3) is 4.62. The highest BCUT2D eigenvalue weighted by Crippen LogP contribution is 2.30. The lowest BCUT2D eigenvalue weighted by molar-refractivity contribution is -0.118. The van der Waals surface area contributed by atoms with Gasteiger partial charge in [0, 0.05) is 13.0 Å². The first-order chi connectivity index (χ1) is 14.3. The fourth-order valence-corrected chi connectivity index (χ4v) is 5.67. The number of sulfone groups is 1. The largest absolute Gasteiger partial charge is 0.495 e. The molecular formula is C21H23FN2O4S2. The van der Waals surface area contributed by atoms with Crippen LogP contribution in [0.1, 0.15) is 25.3 Å². The molecule has 2 aromatic carbocycles. The number of aryl methyl sites for hydroxylation is 2. The molecule has 0 unspecified atom stereocenters. The Balaban J connectivity index is 1.79. The monoisotopic (exact) mass is 450 g/mol. The molecule has 0 saturated carbocycles. The summed E-state index contributed by atoms with van der Waals surface area (Å²) in [6.07, 6.45) is 0.149. The van der Waals surface area contributed by atoms with E-state index in [1.807, 2.05) is 30.5 Å². The standard InChI is InChI=1S/C21H23FN2O4S2/c1-4-24-19-17(28-3)12-7-14(2)20(19)29-21(24)23-18(25)6-5-13-30(26,27)16-10-8-15(22)9-11-16/h7-12H,4-6,13H2,1-3H3. The van der Waals surface area contributed by atoms with Crippen LogP contribution in [0.3, 0.4) is 0 Å². The Morgan fingerprint density at radius 2 is 1.90 bits per heavy atom. The van der Waals surface area contributed by atoms with Crippen LogP contribution in [0, 0.1) is 12.7 Å². The Morgan fingerprint density at radius 1 is 1.20 bits per heavy atom. The zero-order chi connectivity index (χ0) is 21.9. The number of aromatic nitrogens is 1. The molecule has 0 aliphatic heterocycles. The number of benzene rings is 2. The predicted molar refractivity (Wildman–Crippen MR) is 115 cm³/mol. The maximum absolute atomic E-state index is 13.0. The first-order valence-corrected chi connectivity index (χ1v) is 12.0. The molecule has 3 rings (SSSR count). The van der Waals surface area contributed by atoms with Gasteiger partial charge in [-0.15, -0.1) is 0 Å². The summed E-state index contributed by atoms with van der Waals surface area (Å²) in [5.74, 6) is -0.363. The number of thiazole rings is 1. The molecule has 30 heavy (non-hydrogen) atoms. The minimum atomic E-state index is -3.57. The molecule has 9 heteroatoms. The number of hydrogen-bond acceptors (Lipinski definition) is 5. The van der Waals surface area contributed by atoms with Crippen LogP contribution in [-0.4, -0.2) is 31.8 Å². The highest BCUT2D eigenvalue weighted by Gasteiger charge is 2.16. The number of halogens is 1. The second kappa shape index (κ2) is 9.09. The molecule has 0 bridgehead atoms. The van der Waals surface area contributed by atoms with E-state index in [1.54, 1.807) is 7.11 Å². The fourth-order valence-electron chi connectivity index (χ4n) is 3.16. The van der Waals surface area contributed by atoms with Crippen LogP contribution in [0.5, 0.6) is 5.75 Å². The van der Waals surface area contributed by atoms with E-state index in [2.05, 4.69) is 4.99 Å². The van der Waals surface area contributed by atoms with Crippen molar-refractivity contribution in [1.82, 2.24) is 4.57 Å². The number of fused-ring (bicyclic) bond motifs is 1. The van der Waals surface area contributed by atoms with E-state index in [0.717, 1.165) is 27.9 Å². The van der Waals surface area contributed by atoms with Gasteiger partial charge in [-0.1, -0.05) is 17.4 Å². The van der Waals surface area contributed by atoms with Crippen molar-refractivity contribution in [3.8, 4) is 5.75 Å². The average Bonchev–Trinajstić information content (AvgIpc) is 3.07. The average molecular weight is 451 g/mol. The zero-order valence-electron chi connectivity index (χ0n) is 17.0. The van der Waals surface area contributed by atoms with Gasteiger partial charge in [0.2, 0.25) is 5.91 Å². The van der Waals surface area contributed by atoms with Gasteiger partial charge >= 0.3 is 0 Å². The lowest BCUT2D eigenvalue weighted by Gasteiger charge is -2.07. The van der Waals surface area contributed by atoms with Gasteiger partial charge in [0.15, 0.2) is 14.6 Å². The molecule has 0 saturated heterocycles. The number of methoxy groups -OCH3 is 1. The molecule has 0 N–H and O–H groups in total. The van der Waals surface area contributed by atoms with Gasteiger partial charge in [0.25, 0.3) is 0 Å². The van der Waals surface area contributed by atoms with Gasteiger partial charge in [-0.3, -0.25) is 4.79 Å². The maximum Gasteiger partial charge on any atom is 0.248 e. The van der Waals surface area contributed by atoms with Crippen molar-refractivity contribution in [1.29, 1.82) is 0 Å². The predicted octanol–water partition coefficient (Wildman–Crippen LogP) is 3.86. The summed E-state index contributed by atoms with van der Waals surface area (Å²) in [7, 11) is -1.97. The molecular weight excluding hydrogens is 427 g/mol. The van der Waals surface area contributed by atoms with E-state index in [0.29, 0.717) is 17.1 Å². The smallest absolute Gasteiger partial charge is 0.248 e. The topological polar surface area (TPSA) is 77.7 Å². The lowest BCUT2D eigenvalue weighted by atomic mass is 10.2. The van der Waals surface area contributed by atoms with Gasteiger partial charge in [0.1, 0.15) is 17.1 Å². The molecule has 1 amide bonds. The molecule has 0 aliphatic carbocycles. The van der Waals surface area contributed by atoms with Crippen LogP contribution in [0.2, 0.25) is 0 Å². The molecule has 160 valence electrons. The Bertz CT molecular complexity index is 1240. The highest BCUT2D eigenvalue weighted by molar-refractivity contribution is 7.91. The molecule has 3 aromatic rings. The van der Waals surface area contributed by atoms with Crippen molar-refractivity contribution in [3.63, 3.8) is 0 Å². The van der Waals surface area contributed by atoms with Crippen molar-refractivity contribution in [2.45, 2.75) is 38.1 Å². The zero-order valence-corrected chi connectivity index (χ0v) is 18.6. The quantitative estimate of drug-likeness (QED) is 0.512. The molecule has 0 radical (unpaired) electrons. The van der Waals surface area contributed by atoms with Gasteiger partial charge in [0.05, 0.1) is 22.5 Å². The van der Waals surface area contributed by atoms with E-state index in [9.17, 15) is 17.6 Å². The van der Waals surface area contributed by atoms with Gasteiger partial charge in [-0.2, -0.15) is 4.99 Å². The van der Waals surface area contributed by atoms with Crippen LogP contribution in [0.25, 0.3) is 10.2 Å². The van der Waals surface area contributed by atoms with Crippen molar-refractivity contribution in [2.75, 3.05) is 12.9 Å². The van der Waals surface area contributed by atoms with E-state index in [1.165, 1.54) is 23.5 Å². The number of amides is 1. The summed E-state index contributed by atoms with van der Waals surface area (Å²) in [5, 5.41) is 0. The van der Waals surface area contributed by atoms with Gasteiger partial charge in [-0.05, 0) is 56.2 Å². The summed E-state index contributed by atoms with van der Waals surface area (Å²) < 4.78 is 46.0. The summed E-state index contributed by atoms with van der Waals surface area (Å²) in [6.45, 7) is 4.57. The molecule has 0 atom stereocenters. The van der Waals surface area contributed by atoms with Crippen LogP contribution in [0.15, 0.2) is 46.3 Å².